The zero-order chi connectivity index (χ0) is 11.5. The quantitative estimate of drug-likeness (QED) is 0.767. The highest BCUT2D eigenvalue weighted by molar-refractivity contribution is 6.39. The van der Waals surface area contributed by atoms with Crippen molar-refractivity contribution in [3.63, 3.8) is 0 Å². The average Bonchev–Trinajstić information content (AvgIpc) is 2.30. The van der Waals surface area contributed by atoms with Crippen LogP contribution in [0.1, 0.15) is 5.56 Å². The van der Waals surface area contributed by atoms with Gasteiger partial charge >= 0.3 is 0 Å². The number of hydrogen-bond acceptors (Lipinski definition) is 2. The van der Waals surface area contributed by atoms with E-state index in [4.69, 9.17) is 28.5 Å². The fourth-order valence-corrected chi connectivity index (χ4v) is 1.94. The second kappa shape index (κ2) is 4.52. The Labute approximate surface area is 103 Å². The molecule has 0 radical (unpaired) electrons. The SMILES string of the molecule is N#Cc1ccc(-c2c(Cl)cccc2Cl)nc1. The highest BCUT2D eigenvalue weighted by atomic mass is 35.5. The lowest BCUT2D eigenvalue weighted by atomic mass is 10.1. The Balaban J connectivity index is 2.55. The first-order valence-electron chi connectivity index (χ1n) is 4.53. The van der Waals surface area contributed by atoms with Crippen LogP contribution in [0.2, 0.25) is 10.0 Å². The van der Waals surface area contributed by atoms with Crippen molar-refractivity contribution in [2.45, 2.75) is 0 Å². The van der Waals surface area contributed by atoms with Gasteiger partial charge in [0.15, 0.2) is 0 Å². The number of nitriles is 1. The molecule has 0 unspecified atom stereocenters. The van der Waals surface area contributed by atoms with Crippen molar-refractivity contribution in [3.8, 4) is 17.3 Å². The van der Waals surface area contributed by atoms with Gasteiger partial charge in [-0.25, -0.2) is 0 Å². The molecule has 1 aromatic carbocycles. The summed E-state index contributed by atoms with van der Waals surface area (Å²) in [4.78, 5) is 4.15. The van der Waals surface area contributed by atoms with Crippen LogP contribution in [0, 0.1) is 11.3 Å². The van der Waals surface area contributed by atoms with E-state index < -0.39 is 0 Å². The number of rotatable bonds is 1. The maximum Gasteiger partial charge on any atom is 0.101 e. The molecule has 1 heterocycles. The third-order valence-electron chi connectivity index (χ3n) is 2.11. The van der Waals surface area contributed by atoms with Gasteiger partial charge in [-0.15, -0.1) is 0 Å². The number of benzene rings is 1. The van der Waals surface area contributed by atoms with Crippen LogP contribution >= 0.6 is 23.2 Å². The van der Waals surface area contributed by atoms with E-state index in [1.807, 2.05) is 6.07 Å². The standard InChI is InChI=1S/C12H6Cl2N2/c13-9-2-1-3-10(14)12(9)11-5-4-8(6-15)7-16-11/h1-5,7H. The molecule has 0 aliphatic rings. The normalized spacial score (nSPS) is 9.81. The lowest BCUT2D eigenvalue weighted by Crippen LogP contribution is -1.86. The van der Waals surface area contributed by atoms with Gasteiger partial charge in [-0.2, -0.15) is 5.26 Å². The Morgan fingerprint density at radius 2 is 1.75 bits per heavy atom. The smallest absolute Gasteiger partial charge is 0.101 e. The average molecular weight is 249 g/mol. The molecule has 0 aliphatic heterocycles. The van der Waals surface area contributed by atoms with Crippen molar-refractivity contribution in [2.75, 3.05) is 0 Å². The van der Waals surface area contributed by atoms with E-state index >= 15 is 0 Å². The summed E-state index contributed by atoms with van der Waals surface area (Å²) in [7, 11) is 0. The van der Waals surface area contributed by atoms with Gasteiger partial charge < -0.3 is 0 Å². The van der Waals surface area contributed by atoms with Crippen molar-refractivity contribution >= 4 is 23.2 Å². The first kappa shape index (κ1) is 10.9. The number of aromatic nitrogens is 1. The molecule has 78 valence electrons. The molecule has 0 fully saturated rings. The van der Waals surface area contributed by atoms with Crippen LogP contribution in [0.4, 0.5) is 0 Å². The van der Waals surface area contributed by atoms with E-state index in [1.165, 1.54) is 6.20 Å². The van der Waals surface area contributed by atoms with Crippen LogP contribution in [0.3, 0.4) is 0 Å². The molecule has 4 heteroatoms. The molecule has 0 saturated heterocycles. The predicted molar refractivity (Wildman–Crippen MR) is 64.4 cm³/mol. The molecule has 0 atom stereocenters. The topological polar surface area (TPSA) is 36.7 Å². The van der Waals surface area contributed by atoms with Crippen LogP contribution < -0.4 is 0 Å². The maximum absolute atomic E-state index is 8.67. The molecule has 0 saturated carbocycles. The molecular weight excluding hydrogens is 243 g/mol. The summed E-state index contributed by atoms with van der Waals surface area (Å²) < 4.78 is 0. The summed E-state index contributed by atoms with van der Waals surface area (Å²) in [6, 6.07) is 10.7. The predicted octanol–water partition coefficient (Wildman–Crippen LogP) is 3.93. The van der Waals surface area contributed by atoms with Crippen LogP contribution in [-0.4, -0.2) is 4.98 Å². The molecular formula is C12H6Cl2N2. The minimum absolute atomic E-state index is 0.506. The Kier molecular flexibility index (Phi) is 3.09. The lowest BCUT2D eigenvalue weighted by Gasteiger charge is -2.05. The molecule has 1 aromatic heterocycles. The number of pyridine rings is 1. The van der Waals surface area contributed by atoms with Gasteiger partial charge in [0.25, 0.3) is 0 Å². The van der Waals surface area contributed by atoms with Crippen molar-refractivity contribution in [1.82, 2.24) is 4.98 Å². The molecule has 0 aliphatic carbocycles. The summed E-state index contributed by atoms with van der Waals surface area (Å²) >= 11 is 12.1. The summed E-state index contributed by atoms with van der Waals surface area (Å²) in [6.07, 6.45) is 1.50. The van der Waals surface area contributed by atoms with Gasteiger partial charge in [-0.05, 0) is 24.3 Å². The fourth-order valence-electron chi connectivity index (χ4n) is 1.35. The maximum atomic E-state index is 8.67. The highest BCUT2D eigenvalue weighted by Crippen LogP contribution is 2.33. The molecule has 2 aromatic rings. The van der Waals surface area contributed by atoms with Gasteiger partial charge in [0.1, 0.15) is 6.07 Å². The van der Waals surface area contributed by atoms with Crippen molar-refractivity contribution in [2.24, 2.45) is 0 Å². The minimum Gasteiger partial charge on any atom is -0.255 e. The van der Waals surface area contributed by atoms with Gasteiger partial charge in [-0.3, -0.25) is 4.98 Å². The van der Waals surface area contributed by atoms with Gasteiger partial charge in [-0.1, -0.05) is 29.3 Å². The van der Waals surface area contributed by atoms with Gasteiger partial charge in [0.05, 0.1) is 21.3 Å². The Bertz CT molecular complexity index is 536. The molecule has 2 nitrogen and oxygen atoms in total. The molecule has 0 N–H and O–H groups in total. The zero-order valence-corrected chi connectivity index (χ0v) is 9.63. The fraction of sp³-hybridized carbons (Fsp3) is 0. The summed E-state index contributed by atoms with van der Waals surface area (Å²) in [5.74, 6) is 0. The van der Waals surface area contributed by atoms with Crippen molar-refractivity contribution in [1.29, 1.82) is 5.26 Å². The monoisotopic (exact) mass is 248 g/mol. The van der Waals surface area contributed by atoms with E-state index in [-0.39, 0.29) is 0 Å². The highest BCUT2D eigenvalue weighted by Gasteiger charge is 2.08. The molecule has 16 heavy (non-hydrogen) atoms. The first-order chi connectivity index (χ1) is 7.72. The largest absolute Gasteiger partial charge is 0.255 e. The Morgan fingerprint density at radius 3 is 2.25 bits per heavy atom. The second-order valence-electron chi connectivity index (χ2n) is 3.14. The summed E-state index contributed by atoms with van der Waals surface area (Å²) in [6.45, 7) is 0. The Hall–Kier alpha value is -1.56. The number of halogens is 2. The number of nitrogens with zero attached hydrogens (tertiary/aromatic N) is 2. The van der Waals surface area contributed by atoms with Crippen LogP contribution in [-0.2, 0) is 0 Å². The van der Waals surface area contributed by atoms with E-state index in [0.717, 1.165) is 0 Å². The van der Waals surface area contributed by atoms with Crippen LogP contribution in [0.25, 0.3) is 11.3 Å². The lowest BCUT2D eigenvalue weighted by molar-refractivity contribution is 1.30. The van der Waals surface area contributed by atoms with Gasteiger partial charge in [0, 0.05) is 11.8 Å². The summed E-state index contributed by atoms with van der Waals surface area (Å²) in [5.41, 5.74) is 1.86. The first-order valence-corrected chi connectivity index (χ1v) is 5.28. The number of hydrogen-bond donors (Lipinski definition) is 0. The molecule has 0 amide bonds. The molecule has 0 spiro atoms. The van der Waals surface area contributed by atoms with Crippen molar-refractivity contribution < 1.29 is 0 Å². The third kappa shape index (κ3) is 2.01. The molecule has 0 bridgehead atoms. The third-order valence-corrected chi connectivity index (χ3v) is 2.74. The molecule has 2 rings (SSSR count). The summed E-state index contributed by atoms with van der Waals surface area (Å²) in [5, 5.41) is 9.76. The Morgan fingerprint density at radius 1 is 1.06 bits per heavy atom. The van der Waals surface area contributed by atoms with Crippen molar-refractivity contribution in [3.05, 3.63) is 52.1 Å². The van der Waals surface area contributed by atoms with Gasteiger partial charge in [0.2, 0.25) is 0 Å². The zero-order valence-electron chi connectivity index (χ0n) is 8.11. The second-order valence-corrected chi connectivity index (χ2v) is 3.95. The van der Waals surface area contributed by atoms with Crippen LogP contribution in [0.15, 0.2) is 36.5 Å². The van der Waals surface area contributed by atoms with Crippen LogP contribution in [0.5, 0.6) is 0 Å². The van der Waals surface area contributed by atoms with E-state index in [9.17, 15) is 0 Å². The van der Waals surface area contributed by atoms with E-state index in [2.05, 4.69) is 4.98 Å². The van der Waals surface area contributed by atoms with E-state index in [0.29, 0.717) is 26.9 Å². The minimum atomic E-state index is 0.506. The van der Waals surface area contributed by atoms with E-state index in [1.54, 1.807) is 30.3 Å².